The number of pyridine rings is 1. The highest BCUT2D eigenvalue weighted by Crippen LogP contribution is 2.35. The van der Waals surface area contributed by atoms with E-state index in [0.717, 1.165) is 28.9 Å². The molecule has 1 aliphatic heterocycles. The summed E-state index contributed by atoms with van der Waals surface area (Å²) in [7, 11) is 0. The summed E-state index contributed by atoms with van der Waals surface area (Å²) in [6.45, 7) is 2.07. The van der Waals surface area contributed by atoms with Crippen molar-refractivity contribution in [2.45, 2.75) is 13.3 Å². The van der Waals surface area contributed by atoms with Crippen molar-refractivity contribution in [1.29, 1.82) is 0 Å². The van der Waals surface area contributed by atoms with Gasteiger partial charge in [0.2, 0.25) is 0 Å². The Morgan fingerprint density at radius 2 is 2.00 bits per heavy atom. The molecule has 0 spiro atoms. The van der Waals surface area contributed by atoms with E-state index in [1.807, 2.05) is 12.1 Å². The van der Waals surface area contributed by atoms with Crippen LogP contribution in [0.2, 0.25) is 0 Å². The SMILES string of the molecule is Cc1cccc2c1NC(c1n[nH]c3ccc(-c4cccnc4)c(F)c13)=CC2. The normalized spacial score (nSPS) is 13.2. The molecule has 4 aromatic rings. The quantitative estimate of drug-likeness (QED) is 0.526. The molecule has 0 saturated carbocycles. The molecule has 0 radical (unpaired) electrons. The van der Waals surface area contributed by atoms with Gasteiger partial charge in [0.05, 0.1) is 16.6 Å². The zero-order chi connectivity index (χ0) is 18.4. The molecule has 0 amide bonds. The van der Waals surface area contributed by atoms with Gasteiger partial charge in [-0.05, 0) is 42.7 Å². The second kappa shape index (κ2) is 6.06. The van der Waals surface area contributed by atoms with E-state index in [4.69, 9.17) is 0 Å². The van der Waals surface area contributed by atoms with Crippen LogP contribution in [0.5, 0.6) is 0 Å². The maximum Gasteiger partial charge on any atom is 0.142 e. The Labute approximate surface area is 155 Å². The minimum absolute atomic E-state index is 0.289. The van der Waals surface area contributed by atoms with Crippen molar-refractivity contribution in [2.24, 2.45) is 0 Å². The van der Waals surface area contributed by atoms with Crippen LogP contribution < -0.4 is 5.32 Å². The van der Waals surface area contributed by atoms with Crippen molar-refractivity contribution in [3.63, 3.8) is 0 Å². The van der Waals surface area contributed by atoms with Crippen LogP contribution in [0.4, 0.5) is 10.1 Å². The lowest BCUT2D eigenvalue weighted by molar-refractivity contribution is 0.643. The summed E-state index contributed by atoms with van der Waals surface area (Å²) >= 11 is 0. The summed E-state index contributed by atoms with van der Waals surface area (Å²) in [5.41, 5.74) is 6.84. The van der Waals surface area contributed by atoms with Gasteiger partial charge in [0, 0.05) is 29.2 Å². The van der Waals surface area contributed by atoms with Crippen LogP contribution in [0.3, 0.4) is 0 Å². The van der Waals surface area contributed by atoms with Gasteiger partial charge in [-0.3, -0.25) is 10.1 Å². The molecule has 27 heavy (non-hydrogen) atoms. The topological polar surface area (TPSA) is 53.6 Å². The molecule has 0 saturated heterocycles. The molecule has 4 nitrogen and oxygen atoms in total. The minimum Gasteiger partial charge on any atom is -0.353 e. The van der Waals surface area contributed by atoms with Gasteiger partial charge in [-0.15, -0.1) is 0 Å². The van der Waals surface area contributed by atoms with Gasteiger partial charge in [-0.25, -0.2) is 4.39 Å². The Kier molecular flexibility index (Phi) is 3.53. The molecule has 0 bridgehead atoms. The van der Waals surface area contributed by atoms with Gasteiger partial charge in [0.1, 0.15) is 11.5 Å². The third-order valence-corrected chi connectivity index (χ3v) is 5.04. The number of nitrogens with zero attached hydrogens (tertiary/aromatic N) is 2. The van der Waals surface area contributed by atoms with Crippen LogP contribution in [0.15, 0.2) is 60.9 Å². The predicted molar refractivity (Wildman–Crippen MR) is 106 cm³/mol. The number of aromatic nitrogens is 3. The maximum atomic E-state index is 15.4. The Balaban J connectivity index is 1.65. The summed E-state index contributed by atoms with van der Waals surface area (Å²) < 4.78 is 15.4. The van der Waals surface area contributed by atoms with E-state index < -0.39 is 0 Å². The Bertz CT molecular complexity index is 1190. The van der Waals surface area contributed by atoms with E-state index in [1.54, 1.807) is 24.5 Å². The van der Waals surface area contributed by atoms with Gasteiger partial charge in [-0.2, -0.15) is 5.10 Å². The summed E-state index contributed by atoms with van der Waals surface area (Å²) in [5.74, 6) is -0.289. The zero-order valence-electron chi connectivity index (χ0n) is 14.8. The van der Waals surface area contributed by atoms with Gasteiger partial charge in [0.15, 0.2) is 0 Å². The van der Waals surface area contributed by atoms with Crippen molar-refractivity contribution in [2.75, 3.05) is 5.32 Å². The Morgan fingerprint density at radius 3 is 2.85 bits per heavy atom. The predicted octanol–water partition coefficient (Wildman–Crippen LogP) is 5.08. The summed E-state index contributed by atoms with van der Waals surface area (Å²) in [6.07, 6.45) is 6.20. The number of para-hydroxylation sites is 1. The van der Waals surface area contributed by atoms with E-state index in [1.165, 1.54) is 5.56 Å². The second-order valence-corrected chi connectivity index (χ2v) is 6.72. The van der Waals surface area contributed by atoms with Crippen molar-refractivity contribution in [3.05, 3.63) is 83.6 Å². The lowest BCUT2D eigenvalue weighted by atomic mass is 9.98. The Hall–Kier alpha value is -3.47. The molecule has 0 atom stereocenters. The maximum absolute atomic E-state index is 15.4. The fourth-order valence-electron chi connectivity index (χ4n) is 3.64. The molecule has 0 unspecified atom stereocenters. The van der Waals surface area contributed by atoms with Gasteiger partial charge in [0.25, 0.3) is 0 Å². The molecule has 1 aliphatic rings. The lowest BCUT2D eigenvalue weighted by Gasteiger charge is -2.20. The lowest BCUT2D eigenvalue weighted by Crippen LogP contribution is -2.09. The van der Waals surface area contributed by atoms with Crippen LogP contribution >= 0.6 is 0 Å². The number of halogens is 1. The van der Waals surface area contributed by atoms with Crippen LogP contribution in [-0.2, 0) is 6.42 Å². The van der Waals surface area contributed by atoms with Crippen molar-refractivity contribution in [3.8, 4) is 11.1 Å². The van der Waals surface area contributed by atoms with Crippen LogP contribution in [0, 0.1) is 12.7 Å². The first-order valence-electron chi connectivity index (χ1n) is 8.85. The number of allylic oxidation sites excluding steroid dienone is 1. The molecular formula is C22H17FN4. The average molecular weight is 356 g/mol. The number of aromatic amines is 1. The van der Waals surface area contributed by atoms with Crippen molar-refractivity contribution in [1.82, 2.24) is 15.2 Å². The standard InChI is InChI=1S/C22H17FN4/c1-13-4-2-5-14-7-9-18(25-21(13)14)22-19-17(26-27-22)10-8-16(20(19)23)15-6-3-11-24-12-15/h2-6,8-12,25H,7H2,1H3,(H,26,27). The summed E-state index contributed by atoms with van der Waals surface area (Å²) in [5, 5.41) is 11.3. The van der Waals surface area contributed by atoms with Gasteiger partial charge < -0.3 is 5.32 Å². The van der Waals surface area contributed by atoms with Gasteiger partial charge >= 0.3 is 0 Å². The largest absolute Gasteiger partial charge is 0.353 e. The fourth-order valence-corrected chi connectivity index (χ4v) is 3.64. The molecular weight excluding hydrogens is 339 g/mol. The number of benzene rings is 2. The van der Waals surface area contributed by atoms with Crippen LogP contribution in [-0.4, -0.2) is 15.2 Å². The zero-order valence-corrected chi connectivity index (χ0v) is 14.8. The first-order valence-corrected chi connectivity index (χ1v) is 8.85. The van der Waals surface area contributed by atoms with Crippen molar-refractivity contribution < 1.29 is 4.39 Å². The smallest absolute Gasteiger partial charge is 0.142 e. The van der Waals surface area contributed by atoms with E-state index in [-0.39, 0.29) is 5.82 Å². The van der Waals surface area contributed by atoms with Gasteiger partial charge in [-0.1, -0.05) is 30.3 Å². The molecule has 2 aromatic carbocycles. The number of nitrogens with one attached hydrogen (secondary N) is 2. The Morgan fingerprint density at radius 1 is 1.07 bits per heavy atom. The third-order valence-electron chi connectivity index (χ3n) is 5.04. The molecule has 2 N–H and O–H groups in total. The summed E-state index contributed by atoms with van der Waals surface area (Å²) in [4.78, 5) is 4.10. The van der Waals surface area contributed by atoms with E-state index >= 15 is 4.39 Å². The third kappa shape index (κ3) is 2.51. The van der Waals surface area contributed by atoms with Crippen LogP contribution in [0.25, 0.3) is 27.7 Å². The van der Waals surface area contributed by atoms with E-state index in [9.17, 15) is 0 Å². The first kappa shape index (κ1) is 15.8. The molecule has 5 rings (SSSR count). The number of aryl methyl sites for hydroxylation is 1. The number of H-pyrrole nitrogens is 1. The average Bonchev–Trinajstić information content (AvgIpc) is 3.14. The molecule has 0 aliphatic carbocycles. The number of rotatable bonds is 2. The highest BCUT2D eigenvalue weighted by atomic mass is 19.1. The number of hydrogen-bond donors (Lipinski definition) is 2. The molecule has 132 valence electrons. The van der Waals surface area contributed by atoms with E-state index in [2.05, 4.69) is 51.7 Å². The fraction of sp³-hybridized carbons (Fsp3) is 0.0909. The highest BCUT2D eigenvalue weighted by molar-refractivity contribution is 5.97. The van der Waals surface area contributed by atoms with E-state index in [0.29, 0.717) is 22.2 Å². The molecule has 5 heteroatoms. The summed E-state index contributed by atoms with van der Waals surface area (Å²) in [6, 6.07) is 13.5. The molecule has 3 heterocycles. The first-order chi connectivity index (χ1) is 13.2. The minimum atomic E-state index is -0.289. The highest BCUT2D eigenvalue weighted by Gasteiger charge is 2.21. The van der Waals surface area contributed by atoms with Crippen LogP contribution in [0.1, 0.15) is 16.8 Å². The second-order valence-electron chi connectivity index (χ2n) is 6.72. The molecule has 0 fully saturated rings. The monoisotopic (exact) mass is 356 g/mol. The number of anilines is 1. The number of hydrogen-bond acceptors (Lipinski definition) is 3. The van der Waals surface area contributed by atoms with Crippen molar-refractivity contribution >= 4 is 22.3 Å². The molecule has 2 aromatic heterocycles. The number of fused-ring (bicyclic) bond motifs is 2.